The van der Waals surface area contributed by atoms with E-state index >= 15 is 0 Å². The molecular formula is C18H31NO2. The van der Waals surface area contributed by atoms with Crippen LogP contribution in [-0.2, 0) is 0 Å². The van der Waals surface area contributed by atoms with Crippen molar-refractivity contribution in [2.45, 2.75) is 40.7 Å². The molecule has 0 saturated heterocycles. The Balaban J connectivity index is 2.26. The van der Waals surface area contributed by atoms with Gasteiger partial charge in [0.05, 0.1) is 0 Å². The lowest BCUT2D eigenvalue weighted by Gasteiger charge is -2.25. The third-order valence-electron chi connectivity index (χ3n) is 3.90. The highest BCUT2D eigenvalue weighted by Gasteiger charge is 2.17. The van der Waals surface area contributed by atoms with Gasteiger partial charge in [-0.1, -0.05) is 39.8 Å². The van der Waals surface area contributed by atoms with Crippen LogP contribution < -0.4 is 10.1 Å². The number of nitrogens with one attached hydrogen (secondary N) is 1. The second-order valence-corrected chi connectivity index (χ2v) is 6.59. The molecule has 120 valence electrons. The maximum absolute atomic E-state index is 9.98. The molecule has 3 nitrogen and oxygen atoms in total. The van der Waals surface area contributed by atoms with Gasteiger partial charge in [-0.05, 0) is 48.9 Å². The summed E-state index contributed by atoms with van der Waals surface area (Å²) in [5.74, 6) is 2.75. The Morgan fingerprint density at radius 3 is 2.33 bits per heavy atom. The average molecular weight is 293 g/mol. The Bertz CT molecular complexity index is 396. The fraction of sp³-hybridized carbons (Fsp3) is 0.667. The molecule has 0 amide bonds. The van der Waals surface area contributed by atoms with Gasteiger partial charge in [0.1, 0.15) is 18.5 Å². The first-order chi connectivity index (χ1) is 9.90. The lowest BCUT2D eigenvalue weighted by molar-refractivity contribution is 0.103. The van der Waals surface area contributed by atoms with Gasteiger partial charge in [0, 0.05) is 6.54 Å². The second-order valence-electron chi connectivity index (χ2n) is 6.59. The zero-order valence-electron chi connectivity index (χ0n) is 14.1. The molecule has 2 N–H and O–H groups in total. The molecule has 1 aromatic rings. The quantitative estimate of drug-likeness (QED) is 0.734. The number of aryl methyl sites for hydroxylation is 1. The number of benzene rings is 1. The first-order valence-electron chi connectivity index (χ1n) is 7.98. The molecule has 0 bridgehead atoms. The van der Waals surface area contributed by atoms with Gasteiger partial charge in [-0.2, -0.15) is 0 Å². The van der Waals surface area contributed by atoms with E-state index in [2.05, 4.69) is 33.0 Å². The summed E-state index contributed by atoms with van der Waals surface area (Å²) in [5.41, 5.74) is 1.16. The third-order valence-corrected chi connectivity index (χ3v) is 3.90. The van der Waals surface area contributed by atoms with E-state index in [1.54, 1.807) is 0 Å². The number of aliphatic hydroxyl groups excluding tert-OH is 1. The monoisotopic (exact) mass is 293 g/mol. The van der Waals surface area contributed by atoms with Crippen molar-refractivity contribution in [3.63, 3.8) is 0 Å². The number of rotatable bonds is 9. The van der Waals surface area contributed by atoms with Crippen LogP contribution in [0.1, 0.15) is 33.3 Å². The molecule has 0 saturated carbocycles. The molecule has 0 aliphatic rings. The van der Waals surface area contributed by atoms with E-state index in [4.69, 9.17) is 4.74 Å². The van der Waals surface area contributed by atoms with Crippen molar-refractivity contribution >= 4 is 0 Å². The van der Waals surface area contributed by atoms with Gasteiger partial charge in [-0.3, -0.25) is 0 Å². The minimum Gasteiger partial charge on any atom is -0.491 e. The highest BCUT2D eigenvalue weighted by atomic mass is 16.5. The zero-order chi connectivity index (χ0) is 15.8. The molecule has 0 spiro atoms. The van der Waals surface area contributed by atoms with Crippen LogP contribution in [0.2, 0.25) is 0 Å². The van der Waals surface area contributed by atoms with Crippen molar-refractivity contribution in [3.05, 3.63) is 29.8 Å². The second kappa shape index (κ2) is 9.06. The van der Waals surface area contributed by atoms with Crippen molar-refractivity contribution in [3.8, 4) is 5.75 Å². The maximum Gasteiger partial charge on any atom is 0.119 e. The predicted molar refractivity (Wildman–Crippen MR) is 88.7 cm³/mol. The van der Waals surface area contributed by atoms with Crippen LogP contribution in [0.25, 0.3) is 0 Å². The molecule has 1 aromatic carbocycles. The average Bonchev–Trinajstić information content (AvgIpc) is 2.40. The normalized spacial score (nSPS) is 13.2. The fourth-order valence-corrected chi connectivity index (χ4v) is 2.61. The summed E-state index contributed by atoms with van der Waals surface area (Å²) in [7, 11) is 0. The highest BCUT2D eigenvalue weighted by molar-refractivity contribution is 5.27. The third kappa shape index (κ3) is 6.96. The summed E-state index contributed by atoms with van der Waals surface area (Å²) in [5, 5.41) is 13.3. The first kappa shape index (κ1) is 18.0. The lowest BCUT2D eigenvalue weighted by atomic mass is 9.85. The molecule has 0 aliphatic heterocycles. The standard InChI is InChI=1S/C18H31NO2/c1-13(2)18(14(3)4)11-19-10-16(20)12-21-17-8-6-7-15(5)9-17/h6-9,13-14,16,18-20H,10-12H2,1-5H3. The van der Waals surface area contributed by atoms with Gasteiger partial charge < -0.3 is 15.2 Å². The first-order valence-corrected chi connectivity index (χ1v) is 7.98. The molecule has 0 radical (unpaired) electrons. The molecule has 0 aromatic heterocycles. The van der Waals surface area contributed by atoms with Crippen molar-refractivity contribution in [1.82, 2.24) is 5.32 Å². The maximum atomic E-state index is 9.98. The number of aliphatic hydroxyl groups is 1. The minimum absolute atomic E-state index is 0.324. The van der Waals surface area contributed by atoms with E-state index in [0.717, 1.165) is 17.9 Å². The summed E-state index contributed by atoms with van der Waals surface area (Å²) >= 11 is 0. The molecule has 0 heterocycles. The molecule has 1 unspecified atom stereocenters. The topological polar surface area (TPSA) is 41.5 Å². The molecule has 0 fully saturated rings. The lowest BCUT2D eigenvalue weighted by Crippen LogP contribution is -2.36. The van der Waals surface area contributed by atoms with Gasteiger partial charge in [0.2, 0.25) is 0 Å². The minimum atomic E-state index is -0.481. The van der Waals surface area contributed by atoms with Gasteiger partial charge in [0.25, 0.3) is 0 Å². The summed E-state index contributed by atoms with van der Waals surface area (Å²) < 4.78 is 5.61. The van der Waals surface area contributed by atoms with Gasteiger partial charge in [-0.25, -0.2) is 0 Å². The van der Waals surface area contributed by atoms with E-state index in [-0.39, 0.29) is 0 Å². The van der Waals surface area contributed by atoms with Crippen LogP contribution in [0, 0.1) is 24.7 Å². The predicted octanol–water partition coefficient (Wildman–Crippen LogP) is 3.25. The molecule has 0 aliphatic carbocycles. The van der Waals surface area contributed by atoms with Gasteiger partial charge in [0.15, 0.2) is 0 Å². The Morgan fingerprint density at radius 2 is 1.76 bits per heavy atom. The van der Waals surface area contributed by atoms with Crippen molar-refractivity contribution < 1.29 is 9.84 Å². The Kier molecular flexibility index (Phi) is 7.76. The Morgan fingerprint density at radius 1 is 1.10 bits per heavy atom. The molecule has 3 heteroatoms. The van der Waals surface area contributed by atoms with Gasteiger partial charge >= 0.3 is 0 Å². The van der Waals surface area contributed by atoms with E-state index < -0.39 is 6.10 Å². The van der Waals surface area contributed by atoms with Crippen LogP contribution >= 0.6 is 0 Å². The number of hydrogen-bond donors (Lipinski definition) is 2. The fourth-order valence-electron chi connectivity index (χ4n) is 2.61. The smallest absolute Gasteiger partial charge is 0.119 e. The van der Waals surface area contributed by atoms with Crippen molar-refractivity contribution in [2.75, 3.05) is 19.7 Å². The van der Waals surface area contributed by atoms with Crippen molar-refractivity contribution in [1.29, 1.82) is 0 Å². The Hall–Kier alpha value is -1.06. The molecule has 1 atom stereocenters. The summed E-state index contributed by atoms with van der Waals surface area (Å²) in [6.45, 7) is 12.9. The van der Waals surface area contributed by atoms with E-state index in [1.165, 1.54) is 0 Å². The number of ether oxygens (including phenoxy) is 1. The SMILES string of the molecule is Cc1cccc(OCC(O)CNCC(C(C)C)C(C)C)c1. The zero-order valence-corrected chi connectivity index (χ0v) is 14.1. The number of hydrogen-bond acceptors (Lipinski definition) is 3. The van der Waals surface area contributed by atoms with Crippen LogP contribution in [-0.4, -0.2) is 30.9 Å². The van der Waals surface area contributed by atoms with Crippen LogP contribution in [0.4, 0.5) is 0 Å². The van der Waals surface area contributed by atoms with Crippen molar-refractivity contribution in [2.24, 2.45) is 17.8 Å². The van der Waals surface area contributed by atoms with Crippen LogP contribution in [0.15, 0.2) is 24.3 Å². The highest BCUT2D eigenvalue weighted by Crippen LogP contribution is 2.19. The summed E-state index contributed by atoms with van der Waals surface area (Å²) in [6, 6.07) is 7.89. The Labute approximate surface area is 129 Å². The van der Waals surface area contributed by atoms with Gasteiger partial charge in [-0.15, -0.1) is 0 Å². The molecule has 21 heavy (non-hydrogen) atoms. The molecule has 1 rings (SSSR count). The van der Waals surface area contributed by atoms with Crippen LogP contribution in [0.5, 0.6) is 5.75 Å². The largest absolute Gasteiger partial charge is 0.491 e. The summed E-state index contributed by atoms with van der Waals surface area (Å²) in [6.07, 6.45) is -0.481. The van der Waals surface area contributed by atoms with Crippen LogP contribution in [0.3, 0.4) is 0 Å². The summed E-state index contributed by atoms with van der Waals surface area (Å²) in [4.78, 5) is 0. The van der Waals surface area contributed by atoms with E-state index in [9.17, 15) is 5.11 Å². The molecular weight excluding hydrogens is 262 g/mol. The van der Waals surface area contributed by atoms with E-state index in [1.807, 2.05) is 31.2 Å². The van der Waals surface area contributed by atoms with E-state index in [0.29, 0.717) is 30.9 Å².